The molecule has 0 bridgehead atoms. The zero-order valence-corrected chi connectivity index (χ0v) is 18.8. The van der Waals surface area contributed by atoms with Crippen molar-refractivity contribution in [1.82, 2.24) is 5.32 Å². The van der Waals surface area contributed by atoms with Crippen LogP contribution in [0.4, 0.5) is 5.69 Å². The predicted octanol–water partition coefficient (Wildman–Crippen LogP) is 5.31. The van der Waals surface area contributed by atoms with Crippen LogP contribution in [0.2, 0.25) is 0 Å². The molecule has 2 amide bonds. The lowest BCUT2D eigenvalue weighted by molar-refractivity contribution is -0.122. The molecule has 1 unspecified atom stereocenters. The molecule has 5 rings (SSSR count). The van der Waals surface area contributed by atoms with Crippen molar-refractivity contribution in [2.45, 2.75) is 51.7 Å². The molecule has 0 saturated heterocycles. The molecule has 32 heavy (non-hydrogen) atoms. The van der Waals surface area contributed by atoms with Gasteiger partial charge >= 0.3 is 0 Å². The Bertz CT molecular complexity index is 1230. The number of anilines is 1. The summed E-state index contributed by atoms with van der Waals surface area (Å²) >= 11 is 0. The molecule has 0 spiro atoms. The summed E-state index contributed by atoms with van der Waals surface area (Å²) in [4.78, 5) is 27.5. The number of hydrogen-bond acceptors (Lipinski definition) is 3. The SMILES string of the molecule is Cc1ccc2c(c1)OC(C)(C)CC2NC(=O)CCCN1C(=O)c2cccc3cccc1c23. The van der Waals surface area contributed by atoms with Gasteiger partial charge in [0, 0.05) is 35.9 Å². The Balaban J connectivity index is 1.24. The van der Waals surface area contributed by atoms with Gasteiger partial charge in [-0.25, -0.2) is 0 Å². The predicted molar refractivity (Wildman–Crippen MR) is 126 cm³/mol. The Morgan fingerprint density at radius 1 is 1.16 bits per heavy atom. The zero-order chi connectivity index (χ0) is 22.5. The molecule has 3 aromatic carbocycles. The standard InChI is InChI=1S/C27H28N2O3/c1-17-12-13-19-21(16-27(2,3)32-23(19)15-17)28-24(30)11-6-14-29-22-10-5-8-18-7-4-9-20(25(18)22)26(29)31/h4-5,7-10,12-13,15,21H,6,11,14,16H2,1-3H3,(H,28,30). The van der Waals surface area contributed by atoms with Crippen LogP contribution in [0.1, 0.15) is 60.6 Å². The third kappa shape index (κ3) is 3.62. The zero-order valence-electron chi connectivity index (χ0n) is 18.8. The molecule has 3 aromatic rings. The Morgan fingerprint density at radius 3 is 2.75 bits per heavy atom. The first-order chi connectivity index (χ1) is 15.3. The molecular formula is C27H28N2O3. The highest BCUT2D eigenvalue weighted by molar-refractivity contribution is 6.25. The molecular weight excluding hydrogens is 400 g/mol. The number of hydrogen-bond donors (Lipinski definition) is 1. The first-order valence-electron chi connectivity index (χ1n) is 11.2. The molecule has 5 heteroatoms. The minimum absolute atomic E-state index is 0.00148. The Hall–Kier alpha value is -3.34. The number of rotatable bonds is 5. The lowest BCUT2D eigenvalue weighted by Crippen LogP contribution is -2.41. The van der Waals surface area contributed by atoms with E-state index in [4.69, 9.17) is 4.74 Å². The van der Waals surface area contributed by atoms with Gasteiger partial charge in [0.05, 0.1) is 11.7 Å². The van der Waals surface area contributed by atoms with Gasteiger partial charge in [-0.1, -0.05) is 36.4 Å². The fraction of sp³-hybridized carbons (Fsp3) is 0.333. The maximum Gasteiger partial charge on any atom is 0.258 e. The molecule has 1 atom stereocenters. The van der Waals surface area contributed by atoms with E-state index in [0.29, 0.717) is 19.4 Å². The molecule has 0 saturated carbocycles. The van der Waals surface area contributed by atoms with Gasteiger partial charge in [0.1, 0.15) is 11.4 Å². The molecule has 0 radical (unpaired) electrons. The van der Waals surface area contributed by atoms with Crippen molar-refractivity contribution in [2.24, 2.45) is 0 Å². The molecule has 2 heterocycles. The van der Waals surface area contributed by atoms with Gasteiger partial charge in [-0.15, -0.1) is 0 Å². The van der Waals surface area contributed by atoms with E-state index in [1.54, 1.807) is 4.90 Å². The number of carbonyl (C=O) groups excluding carboxylic acids is 2. The van der Waals surface area contributed by atoms with Crippen LogP contribution in [0.3, 0.4) is 0 Å². The van der Waals surface area contributed by atoms with Crippen LogP contribution in [-0.2, 0) is 4.79 Å². The van der Waals surface area contributed by atoms with Crippen molar-refractivity contribution < 1.29 is 14.3 Å². The van der Waals surface area contributed by atoms with Crippen LogP contribution >= 0.6 is 0 Å². The second kappa shape index (κ2) is 7.66. The Morgan fingerprint density at radius 2 is 1.94 bits per heavy atom. The van der Waals surface area contributed by atoms with Crippen LogP contribution < -0.4 is 15.0 Å². The topological polar surface area (TPSA) is 58.6 Å². The first-order valence-corrected chi connectivity index (χ1v) is 11.2. The Kier molecular flexibility index (Phi) is 4.92. The average Bonchev–Trinajstić information content (AvgIpc) is 3.01. The summed E-state index contributed by atoms with van der Waals surface area (Å²) in [6.45, 7) is 6.66. The summed E-state index contributed by atoms with van der Waals surface area (Å²) in [7, 11) is 0. The molecule has 2 aliphatic heterocycles. The summed E-state index contributed by atoms with van der Waals surface area (Å²) in [5, 5.41) is 5.29. The summed E-state index contributed by atoms with van der Waals surface area (Å²) in [5.41, 5.74) is 3.52. The van der Waals surface area contributed by atoms with Gasteiger partial charge in [-0.05, 0) is 56.3 Å². The molecule has 0 aromatic heterocycles. The summed E-state index contributed by atoms with van der Waals surface area (Å²) in [6, 6.07) is 17.9. The van der Waals surface area contributed by atoms with E-state index in [1.807, 2.05) is 55.5 Å². The summed E-state index contributed by atoms with van der Waals surface area (Å²) < 4.78 is 6.14. The lowest BCUT2D eigenvalue weighted by Gasteiger charge is -2.38. The number of amides is 2. The van der Waals surface area contributed by atoms with Crippen LogP contribution in [-0.4, -0.2) is 24.0 Å². The van der Waals surface area contributed by atoms with Crippen LogP contribution in [0.25, 0.3) is 10.8 Å². The second-order valence-electron chi connectivity index (χ2n) is 9.47. The van der Waals surface area contributed by atoms with E-state index >= 15 is 0 Å². The Labute approximate surface area is 188 Å². The van der Waals surface area contributed by atoms with E-state index < -0.39 is 0 Å². The van der Waals surface area contributed by atoms with Gasteiger partial charge in [0.25, 0.3) is 5.91 Å². The number of aryl methyl sites for hydroxylation is 1. The molecule has 1 N–H and O–H groups in total. The van der Waals surface area contributed by atoms with Gasteiger partial charge < -0.3 is 15.0 Å². The van der Waals surface area contributed by atoms with Crippen LogP contribution in [0, 0.1) is 6.92 Å². The van der Waals surface area contributed by atoms with Gasteiger partial charge in [0.2, 0.25) is 5.91 Å². The number of ether oxygens (including phenoxy) is 1. The molecule has 0 fully saturated rings. The van der Waals surface area contributed by atoms with Crippen molar-refractivity contribution in [3.05, 3.63) is 71.3 Å². The van der Waals surface area contributed by atoms with Crippen molar-refractivity contribution in [1.29, 1.82) is 0 Å². The van der Waals surface area contributed by atoms with E-state index in [1.165, 1.54) is 0 Å². The summed E-state index contributed by atoms with van der Waals surface area (Å²) in [5.74, 6) is 0.870. The normalized spacial score (nSPS) is 18.4. The lowest BCUT2D eigenvalue weighted by atomic mass is 9.89. The molecule has 164 valence electrons. The number of nitrogens with zero attached hydrogens (tertiary/aromatic N) is 1. The fourth-order valence-corrected chi connectivity index (χ4v) is 4.95. The average molecular weight is 429 g/mol. The summed E-state index contributed by atoms with van der Waals surface area (Å²) in [6.07, 6.45) is 1.70. The van der Waals surface area contributed by atoms with E-state index in [9.17, 15) is 9.59 Å². The minimum atomic E-state index is -0.342. The molecule has 2 aliphatic rings. The van der Waals surface area contributed by atoms with Gasteiger partial charge in [-0.2, -0.15) is 0 Å². The van der Waals surface area contributed by atoms with Gasteiger partial charge in [-0.3, -0.25) is 9.59 Å². The monoisotopic (exact) mass is 428 g/mol. The third-order valence-electron chi connectivity index (χ3n) is 6.40. The van der Waals surface area contributed by atoms with E-state index in [2.05, 4.69) is 25.2 Å². The maximum absolute atomic E-state index is 12.9. The highest BCUT2D eigenvalue weighted by atomic mass is 16.5. The van der Waals surface area contributed by atoms with E-state index in [0.717, 1.165) is 45.3 Å². The first kappa shape index (κ1) is 20.6. The van der Waals surface area contributed by atoms with Crippen LogP contribution in [0.15, 0.2) is 54.6 Å². The van der Waals surface area contributed by atoms with Crippen molar-refractivity contribution in [2.75, 3.05) is 11.4 Å². The second-order valence-corrected chi connectivity index (χ2v) is 9.47. The van der Waals surface area contributed by atoms with Crippen LogP contribution in [0.5, 0.6) is 5.75 Å². The number of nitrogens with one attached hydrogen (secondary N) is 1. The highest BCUT2D eigenvalue weighted by Gasteiger charge is 2.34. The van der Waals surface area contributed by atoms with E-state index in [-0.39, 0.29) is 23.5 Å². The van der Waals surface area contributed by atoms with Crippen molar-refractivity contribution in [3.8, 4) is 5.75 Å². The number of fused-ring (bicyclic) bond motifs is 1. The maximum atomic E-state index is 12.9. The minimum Gasteiger partial charge on any atom is -0.487 e. The fourth-order valence-electron chi connectivity index (χ4n) is 4.95. The largest absolute Gasteiger partial charge is 0.487 e. The quantitative estimate of drug-likeness (QED) is 0.599. The third-order valence-corrected chi connectivity index (χ3v) is 6.40. The molecule has 5 nitrogen and oxygen atoms in total. The smallest absolute Gasteiger partial charge is 0.258 e. The number of carbonyl (C=O) groups is 2. The van der Waals surface area contributed by atoms with Crippen molar-refractivity contribution >= 4 is 28.3 Å². The highest BCUT2D eigenvalue weighted by Crippen LogP contribution is 2.40. The van der Waals surface area contributed by atoms with Gasteiger partial charge in [0.15, 0.2) is 0 Å². The van der Waals surface area contributed by atoms with Crippen molar-refractivity contribution in [3.63, 3.8) is 0 Å². The molecule has 0 aliphatic carbocycles. The number of benzene rings is 3.